The van der Waals surface area contributed by atoms with Crippen molar-refractivity contribution in [3.05, 3.63) is 29.3 Å². The van der Waals surface area contributed by atoms with Gasteiger partial charge in [0, 0.05) is 6.04 Å². The molecule has 0 amide bonds. The fourth-order valence-electron chi connectivity index (χ4n) is 2.50. The lowest BCUT2D eigenvalue weighted by Crippen LogP contribution is -2.24. The second kappa shape index (κ2) is 5.27. The summed E-state index contributed by atoms with van der Waals surface area (Å²) in [6.45, 7) is 4.26. The Kier molecular flexibility index (Phi) is 3.91. The van der Waals surface area contributed by atoms with Crippen molar-refractivity contribution in [2.24, 2.45) is 0 Å². The number of hydrogen-bond donors (Lipinski definition) is 1. The fraction of sp³-hybridized carbons (Fsp3) is 0.600. The molecule has 1 aromatic rings. The molecule has 0 aromatic heterocycles. The van der Waals surface area contributed by atoms with Gasteiger partial charge in [0.15, 0.2) is 0 Å². The standard InChI is InChI=1S/C15H22FNO/c1-15(2,16)12-6-7-14(18-3)11(9-12)10-13-5-4-8-17-13/h6-7,9,13,17H,4-5,8,10H2,1-3H3. The lowest BCUT2D eigenvalue weighted by Gasteiger charge is -2.19. The van der Waals surface area contributed by atoms with Crippen LogP contribution in [-0.2, 0) is 12.1 Å². The lowest BCUT2D eigenvalue weighted by atomic mass is 9.95. The van der Waals surface area contributed by atoms with Gasteiger partial charge >= 0.3 is 0 Å². The fourth-order valence-corrected chi connectivity index (χ4v) is 2.50. The van der Waals surface area contributed by atoms with Gasteiger partial charge in [-0.05, 0) is 62.9 Å². The van der Waals surface area contributed by atoms with Crippen LogP contribution in [0.2, 0.25) is 0 Å². The minimum Gasteiger partial charge on any atom is -0.496 e. The Morgan fingerprint density at radius 1 is 1.44 bits per heavy atom. The molecular weight excluding hydrogens is 229 g/mol. The van der Waals surface area contributed by atoms with Gasteiger partial charge < -0.3 is 10.1 Å². The van der Waals surface area contributed by atoms with Gasteiger partial charge in [-0.25, -0.2) is 4.39 Å². The molecule has 1 fully saturated rings. The Balaban J connectivity index is 2.24. The van der Waals surface area contributed by atoms with Crippen molar-refractivity contribution in [1.82, 2.24) is 5.32 Å². The van der Waals surface area contributed by atoms with Crippen LogP contribution >= 0.6 is 0 Å². The maximum absolute atomic E-state index is 14.0. The van der Waals surface area contributed by atoms with E-state index in [0.717, 1.165) is 29.8 Å². The lowest BCUT2D eigenvalue weighted by molar-refractivity contribution is 0.221. The number of methoxy groups -OCH3 is 1. The van der Waals surface area contributed by atoms with Gasteiger partial charge in [0.2, 0.25) is 0 Å². The molecule has 1 heterocycles. The van der Waals surface area contributed by atoms with Crippen LogP contribution in [-0.4, -0.2) is 19.7 Å². The first-order chi connectivity index (χ1) is 8.50. The summed E-state index contributed by atoms with van der Waals surface area (Å²) in [5.41, 5.74) is 0.515. The number of rotatable bonds is 4. The van der Waals surface area contributed by atoms with E-state index in [0.29, 0.717) is 6.04 Å². The van der Waals surface area contributed by atoms with Crippen LogP contribution in [0.3, 0.4) is 0 Å². The Morgan fingerprint density at radius 2 is 2.22 bits per heavy atom. The smallest absolute Gasteiger partial charge is 0.130 e. The van der Waals surface area contributed by atoms with E-state index in [4.69, 9.17) is 4.74 Å². The van der Waals surface area contributed by atoms with Crippen molar-refractivity contribution in [3.63, 3.8) is 0 Å². The van der Waals surface area contributed by atoms with Crippen molar-refractivity contribution in [2.75, 3.05) is 13.7 Å². The predicted octanol–water partition coefficient (Wildman–Crippen LogP) is 3.19. The summed E-state index contributed by atoms with van der Waals surface area (Å²) in [5, 5.41) is 3.47. The van der Waals surface area contributed by atoms with Crippen LogP contribution in [0.1, 0.15) is 37.8 Å². The molecule has 2 nitrogen and oxygen atoms in total. The Bertz CT molecular complexity index is 405. The third-order valence-corrected chi connectivity index (χ3v) is 3.60. The number of nitrogens with one attached hydrogen (secondary N) is 1. The normalized spacial score (nSPS) is 20.1. The summed E-state index contributed by atoms with van der Waals surface area (Å²) >= 11 is 0. The van der Waals surface area contributed by atoms with E-state index in [-0.39, 0.29) is 0 Å². The van der Waals surface area contributed by atoms with E-state index in [1.54, 1.807) is 21.0 Å². The monoisotopic (exact) mass is 251 g/mol. The van der Waals surface area contributed by atoms with Gasteiger partial charge in [-0.2, -0.15) is 0 Å². The minimum atomic E-state index is -1.30. The molecule has 0 spiro atoms. The first kappa shape index (κ1) is 13.3. The van der Waals surface area contributed by atoms with Gasteiger partial charge in [0.05, 0.1) is 7.11 Å². The van der Waals surface area contributed by atoms with Gasteiger partial charge in [-0.15, -0.1) is 0 Å². The second-order valence-corrected chi connectivity index (χ2v) is 5.50. The van der Waals surface area contributed by atoms with Crippen LogP contribution in [0.5, 0.6) is 5.75 Å². The number of ether oxygens (including phenoxy) is 1. The molecule has 0 bridgehead atoms. The zero-order valence-electron chi connectivity index (χ0n) is 11.4. The molecule has 3 heteroatoms. The largest absolute Gasteiger partial charge is 0.496 e. The van der Waals surface area contributed by atoms with Crippen molar-refractivity contribution in [2.45, 2.75) is 44.8 Å². The van der Waals surface area contributed by atoms with E-state index in [9.17, 15) is 4.39 Å². The Labute approximate surface area is 109 Å². The number of hydrogen-bond acceptors (Lipinski definition) is 2. The molecular formula is C15H22FNO. The maximum atomic E-state index is 14.0. The molecule has 1 N–H and O–H groups in total. The SMILES string of the molecule is COc1ccc(C(C)(C)F)cc1CC1CCCN1. The van der Waals surface area contributed by atoms with Gasteiger partial charge in [0.1, 0.15) is 11.4 Å². The summed E-state index contributed by atoms with van der Waals surface area (Å²) in [5.74, 6) is 0.858. The first-order valence-electron chi connectivity index (χ1n) is 6.60. The maximum Gasteiger partial charge on any atom is 0.130 e. The molecule has 1 atom stereocenters. The van der Waals surface area contributed by atoms with Crippen LogP contribution in [0.15, 0.2) is 18.2 Å². The van der Waals surface area contributed by atoms with Gasteiger partial charge in [-0.3, -0.25) is 0 Å². The highest BCUT2D eigenvalue weighted by molar-refractivity contribution is 5.39. The summed E-state index contributed by atoms with van der Waals surface area (Å²) < 4.78 is 19.4. The van der Waals surface area contributed by atoms with E-state index in [1.807, 2.05) is 18.2 Å². The molecule has 1 aliphatic rings. The third-order valence-electron chi connectivity index (χ3n) is 3.60. The molecule has 100 valence electrons. The zero-order valence-corrected chi connectivity index (χ0v) is 11.4. The summed E-state index contributed by atoms with van der Waals surface area (Å²) in [4.78, 5) is 0. The summed E-state index contributed by atoms with van der Waals surface area (Å²) in [6.07, 6.45) is 3.32. The molecule has 0 saturated carbocycles. The Morgan fingerprint density at radius 3 is 2.78 bits per heavy atom. The van der Waals surface area contributed by atoms with E-state index in [1.165, 1.54) is 12.8 Å². The Hall–Kier alpha value is -1.09. The van der Waals surface area contributed by atoms with Crippen molar-refractivity contribution in [1.29, 1.82) is 0 Å². The third kappa shape index (κ3) is 3.02. The van der Waals surface area contributed by atoms with E-state index < -0.39 is 5.67 Å². The molecule has 1 unspecified atom stereocenters. The van der Waals surface area contributed by atoms with Crippen LogP contribution in [0.25, 0.3) is 0 Å². The van der Waals surface area contributed by atoms with Gasteiger partial charge in [0.25, 0.3) is 0 Å². The molecule has 18 heavy (non-hydrogen) atoms. The molecule has 0 aliphatic carbocycles. The molecule has 2 rings (SSSR count). The number of halogens is 1. The molecule has 1 saturated heterocycles. The zero-order chi connectivity index (χ0) is 13.2. The highest BCUT2D eigenvalue weighted by Gasteiger charge is 2.22. The van der Waals surface area contributed by atoms with E-state index in [2.05, 4.69) is 5.32 Å². The average Bonchev–Trinajstić information content (AvgIpc) is 2.80. The van der Waals surface area contributed by atoms with Crippen molar-refractivity contribution < 1.29 is 9.13 Å². The first-order valence-corrected chi connectivity index (χ1v) is 6.60. The summed E-state index contributed by atoms with van der Waals surface area (Å²) in [6, 6.07) is 6.13. The predicted molar refractivity (Wildman–Crippen MR) is 71.9 cm³/mol. The van der Waals surface area contributed by atoms with Crippen molar-refractivity contribution >= 4 is 0 Å². The highest BCUT2D eigenvalue weighted by Crippen LogP contribution is 2.30. The number of alkyl halides is 1. The average molecular weight is 251 g/mol. The van der Waals surface area contributed by atoms with Crippen LogP contribution < -0.4 is 10.1 Å². The number of benzene rings is 1. The highest BCUT2D eigenvalue weighted by atomic mass is 19.1. The minimum absolute atomic E-state index is 0.497. The molecule has 0 radical (unpaired) electrons. The van der Waals surface area contributed by atoms with Crippen LogP contribution in [0.4, 0.5) is 4.39 Å². The second-order valence-electron chi connectivity index (χ2n) is 5.50. The van der Waals surface area contributed by atoms with Crippen molar-refractivity contribution in [3.8, 4) is 5.75 Å². The topological polar surface area (TPSA) is 21.3 Å². The van der Waals surface area contributed by atoms with Gasteiger partial charge in [-0.1, -0.05) is 6.07 Å². The molecule has 1 aliphatic heterocycles. The quantitative estimate of drug-likeness (QED) is 0.887. The van der Waals surface area contributed by atoms with Crippen LogP contribution in [0, 0.1) is 0 Å². The molecule has 1 aromatic carbocycles. The summed E-state index contributed by atoms with van der Waals surface area (Å²) in [7, 11) is 1.67. The van der Waals surface area contributed by atoms with E-state index >= 15 is 0 Å².